The van der Waals surface area contributed by atoms with Gasteiger partial charge < -0.3 is 20.3 Å². The zero-order valence-electron chi connectivity index (χ0n) is 18.8. The van der Waals surface area contributed by atoms with Gasteiger partial charge in [0.05, 0.1) is 17.9 Å². The van der Waals surface area contributed by atoms with Crippen molar-refractivity contribution >= 4 is 11.8 Å². The molecule has 2 amide bonds. The van der Waals surface area contributed by atoms with Crippen LogP contribution in [0.5, 0.6) is 6.01 Å². The number of nitrogens with two attached hydrogens (primary N) is 1. The van der Waals surface area contributed by atoms with Crippen LogP contribution in [0.25, 0.3) is 0 Å². The Morgan fingerprint density at radius 1 is 1.09 bits per heavy atom. The second-order valence-corrected chi connectivity index (χ2v) is 8.69. The molecule has 1 aromatic carbocycles. The number of hydrogen-bond donors (Lipinski definition) is 1. The third kappa shape index (κ3) is 4.75. The molecule has 0 bridgehead atoms. The molecule has 2 aliphatic rings. The SMILES string of the molecule is CCOc1nc(C)c(C(=O)N2CC3CN(CCCc4ccccc4)C[C@H]3C2)c(C(N)=O)n1. The molecule has 4 rings (SSSR count). The fraction of sp³-hybridized carbons (Fsp3) is 0.500. The van der Waals surface area contributed by atoms with E-state index in [0.29, 0.717) is 37.2 Å². The van der Waals surface area contributed by atoms with Gasteiger partial charge in [0.1, 0.15) is 5.69 Å². The molecule has 2 N–H and O–H groups in total. The van der Waals surface area contributed by atoms with E-state index >= 15 is 0 Å². The van der Waals surface area contributed by atoms with Gasteiger partial charge in [0.15, 0.2) is 0 Å². The maximum absolute atomic E-state index is 13.3. The van der Waals surface area contributed by atoms with Crippen LogP contribution < -0.4 is 10.5 Å². The number of benzene rings is 1. The van der Waals surface area contributed by atoms with Crippen molar-refractivity contribution in [3.8, 4) is 6.01 Å². The topological polar surface area (TPSA) is 102 Å². The molecule has 2 aliphatic heterocycles. The Labute approximate surface area is 188 Å². The van der Waals surface area contributed by atoms with E-state index in [1.165, 1.54) is 5.56 Å². The van der Waals surface area contributed by atoms with E-state index in [1.807, 2.05) is 11.0 Å². The van der Waals surface area contributed by atoms with Crippen molar-refractivity contribution < 1.29 is 14.3 Å². The lowest BCUT2D eigenvalue weighted by Gasteiger charge is -2.22. The molecular formula is C24H31N5O3. The van der Waals surface area contributed by atoms with E-state index in [0.717, 1.165) is 32.5 Å². The Morgan fingerprint density at radius 2 is 1.78 bits per heavy atom. The number of ether oxygens (including phenoxy) is 1. The predicted octanol–water partition coefficient (Wildman–Crippen LogP) is 1.92. The Morgan fingerprint density at radius 3 is 2.41 bits per heavy atom. The summed E-state index contributed by atoms with van der Waals surface area (Å²) in [5, 5.41) is 0. The first-order valence-electron chi connectivity index (χ1n) is 11.3. The van der Waals surface area contributed by atoms with Crippen molar-refractivity contribution in [3.63, 3.8) is 0 Å². The highest BCUT2D eigenvalue weighted by atomic mass is 16.5. The number of nitrogens with zero attached hydrogens (tertiary/aromatic N) is 4. The molecule has 3 heterocycles. The molecule has 0 aliphatic carbocycles. The van der Waals surface area contributed by atoms with Crippen LogP contribution in [0.4, 0.5) is 0 Å². The van der Waals surface area contributed by atoms with Crippen LogP contribution in [-0.2, 0) is 6.42 Å². The highest BCUT2D eigenvalue weighted by Crippen LogP contribution is 2.32. The third-order valence-electron chi connectivity index (χ3n) is 6.42. The first-order valence-corrected chi connectivity index (χ1v) is 11.3. The molecule has 2 aromatic rings. The second-order valence-electron chi connectivity index (χ2n) is 8.69. The van der Waals surface area contributed by atoms with E-state index in [4.69, 9.17) is 10.5 Å². The van der Waals surface area contributed by atoms with Gasteiger partial charge in [-0.05, 0) is 50.6 Å². The zero-order valence-corrected chi connectivity index (χ0v) is 18.8. The monoisotopic (exact) mass is 437 g/mol. The highest BCUT2D eigenvalue weighted by molar-refractivity contribution is 6.06. The quantitative estimate of drug-likeness (QED) is 0.677. The first-order chi connectivity index (χ1) is 15.5. The fourth-order valence-electron chi connectivity index (χ4n) is 4.92. The summed E-state index contributed by atoms with van der Waals surface area (Å²) < 4.78 is 5.31. The summed E-state index contributed by atoms with van der Waals surface area (Å²) in [6, 6.07) is 10.6. The average molecular weight is 438 g/mol. The van der Waals surface area contributed by atoms with Gasteiger partial charge in [-0.3, -0.25) is 9.59 Å². The summed E-state index contributed by atoms with van der Waals surface area (Å²) in [6.07, 6.45) is 2.22. The van der Waals surface area contributed by atoms with Crippen LogP contribution in [0.1, 0.15) is 45.4 Å². The van der Waals surface area contributed by atoms with Crippen molar-refractivity contribution in [3.05, 3.63) is 52.8 Å². The Kier molecular flexibility index (Phi) is 6.69. The summed E-state index contributed by atoms with van der Waals surface area (Å²) in [5.41, 5.74) is 7.45. The number of aryl methyl sites for hydroxylation is 2. The van der Waals surface area contributed by atoms with E-state index in [9.17, 15) is 9.59 Å². The molecule has 2 saturated heterocycles. The lowest BCUT2D eigenvalue weighted by atomic mass is 10.0. The van der Waals surface area contributed by atoms with Crippen molar-refractivity contribution in [2.45, 2.75) is 26.7 Å². The molecule has 2 atom stereocenters. The molecule has 0 spiro atoms. The number of rotatable bonds is 8. The van der Waals surface area contributed by atoms with Crippen LogP contribution in [0.3, 0.4) is 0 Å². The number of hydrogen-bond acceptors (Lipinski definition) is 6. The maximum Gasteiger partial charge on any atom is 0.317 e. The summed E-state index contributed by atoms with van der Waals surface area (Å²) in [5.74, 6) is -0.0542. The van der Waals surface area contributed by atoms with Crippen LogP contribution in [0.15, 0.2) is 30.3 Å². The number of carbonyl (C=O) groups is 2. The molecule has 1 unspecified atom stereocenters. The standard InChI is InChI=1S/C24H31N5O3/c1-3-32-24-26-16(2)20(21(27-24)22(25)30)23(31)29-14-18-12-28(13-19(18)15-29)11-7-10-17-8-5-4-6-9-17/h4-6,8-9,18-19H,3,7,10-15H2,1-2H3,(H2,25,30)/t18-,19?/m0/s1. The normalized spacial score (nSPS) is 20.4. The Bertz CT molecular complexity index is 967. The number of aromatic nitrogens is 2. The minimum absolute atomic E-state index is 0.0643. The van der Waals surface area contributed by atoms with Crippen molar-refractivity contribution in [1.29, 1.82) is 0 Å². The number of likely N-dealkylation sites (tertiary alicyclic amines) is 2. The zero-order chi connectivity index (χ0) is 22.7. The lowest BCUT2D eigenvalue weighted by molar-refractivity contribution is 0.0765. The van der Waals surface area contributed by atoms with Crippen LogP contribution in [-0.4, -0.2) is 70.9 Å². The van der Waals surface area contributed by atoms with E-state index in [-0.39, 0.29) is 23.2 Å². The van der Waals surface area contributed by atoms with Crippen molar-refractivity contribution in [2.75, 3.05) is 39.3 Å². The van der Waals surface area contributed by atoms with Gasteiger partial charge in [-0.25, -0.2) is 0 Å². The largest absolute Gasteiger partial charge is 0.464 e. The highest BCUT2D eigenvalue weighted by Gasteiger charge is 2.42. The Hall–Kier alpha value is -3.00. The molecule has 0 radical (unpaired) electrons. The minimum atomic E-state index is -0.746. The van der Waals surface area contributed by atoms with Crippen molar-refractivity contribution in [1.82, 2.24) is 19.8 Å². The van der Waals surface area contributed by atoms with Crippen LogP contribution in [0, 0.1) is 18.8 Å². The average Bonchev–Trinajstić information content (AvgIpc) is 3.33. The third-order valence-corrected chi connectivity index (χ3v) is 6.42. The molecule has 170 valence electrons. The molecule has 1 aromatic heterocycles. The molecular weight excluding hydrogens is 406 g/mol. The summed E-state index contributed by atoms with van der Waals surface area (Å²) in [4.78, 5) is 38.0. The van der Waals surface area contributed by atoms with Gasteiger partial charge >= 0.3 is 6.01 Å². The predicted molar refractivity (Wildman–Crippen MR) is 121 cm³/mol. The van der Waals surface area contributed by atoms with Gasteiger partial charge in [-0.1, -0.05) is 30.3 Å². The molecule has 8 nitrogen and oxygen atoms in total. The summed E-state index contributed by atoms with van der Waals surface area (Å²) >= 11 is 0. The van der Waals surface area contributed by atoms with Crippen LogP contribution >= 0.6 is 0 Å². The second kappa shape index (κ2) is 9.65. The molecule has 8 heteroatoms. The van der Waals surface area contributed by atoms with Crippen LogP contribution in [0.2, 0.25) is 0 Å². The number of fused-ring (bicyclic) bond motifs is 1. The smallest absolute Gasteiger partial charge is 0.317 e. The maximum atomic E-state index is 13.3. The van der Waals surface area contributed by atoms with E-state index < -0.39 is 5.91 Å². The van der Waals surface area contributed by atoms with Gasteiger partial charge in [0.2, 0.25) is 0 Å². The molecule has 0 saturated carbocycles. The summed E-state index contributed by atoms with van der Waals surface area (Å²) in [7, 11) is 0. The van der Waals surface area contributed by atoms with Gasteiger partial charge in [0.25, 0.3) is 11.8 Å². The number of carbonyl (C=O) groups excluding carboxylic acids is 2. The van der Waals surface area contributed by atoms with Gasteiger partial charge in [0, 0.05) is 26.2 Å². The van der Waals surface area contributed by atoms with Gasteiger partial charge in [-0.15, -0.1) is 0 Å². The van der Waals surface area contributed by atoms with E-state index in [2.05, 4.69) is 39.1 Å². The number of primary amides is 1. The summed E-state index contributed by atoms with van der Waals surface area (Å²) in [6.45, 7) is 8.31. The Balaban J connectivity index is 1.36. The lowest BCUT2D eigenvalue weighted by Crippen LogP contribution is -2.35. The molecule has 2 fully saturated rings. The van der Waals surface area contributed by atoms with Crippen molar-refractivity contribution in [2.24, 2.45) is 17.6 Å². The fourth-order valence-corrected chi connectivity index (χ4v) is 4.92. The first kappa shape index (κ1) is 22.2. The molecule has 32 heavy (non-hydrogen) atoms. The minimum Gasteiger partial charge on any atom is -0.464 e. The number of amides is 2. The van der Waals surface area contributed by atoms with Gasteiger partial charge in [-0.2, -0.15) is 9.97 Å². The van der Waals surface area contributed by atoms with E-state index in [1.54, 1.807) is 13.8 Å².